The second-order valence-corrected chi connectivity index (χ2v) is 7.50. The maximum Gasteiger partial charge on any atom is 0.387 e. The molecular weight excluding hydrogens is 355 g/mol. The summed E-state index contributed by atoms with van der Waals surface area (Å²) < 4.78 is 43.6. The zero-order valence-corrected chi connectivity index (χ0v) is 14.8. The van der Waals surface area contributed by atoms with Crippen molar-refractivity contribution in [2.24, 2.45) is 0 Å². The second-order valence-electron chi connectivity index (χ2n) is 7.50. The molecule has 0 aliphatic carbocycles. The summed E-state index contributed by atoms with van der Waals surface area (Å²) in [6.45, 7) is -2.26. The van der Waals surface area contributed by atoms with E-state index >= 15 is 0 Å². The van der Waals surface area contributed by atoms with E-state index in [2.05, 4.69) is 21.8 Å². The summed E-state index contributed by atoms with van der Waals surface area (Å²) in [4.78, 5) is 2.39. The molecule has 0 saturated carbocycles. The van der Waals surface area contributed by atoms with Gasteiger partial charge in [0.05, 0.1) is 5.60 Å². The highest BCUT2D eigenvalue weighted by Gasteiger charge is 2.49. The monoisotopic (exact) mass is 377 g/mol. The lowest BCUT2D eigenvalue weighted by atomic mass is 9.80. The molecule has 27 heavy (non-hydrogen) atoms. The predicted molar refractivity (Wildman–Crippen MR) is 95.0 cm³/mol. The normalized spacial score (nSPS) is 27.9. The van der Waals surface area contributed by atoms with Crippen molar-refractivity contribution in [3.05, 3.63) is 65.5 Å². The standard InChI is InChI=1S/C21H22F3NO2/c22-15-6-9-18(19(10-15)27-20(23)24)21(26)11-16-7-8-17(12-21)25(16)13-14-4-2-1-3-5-14/h1-6,9-10,16-17,20,26H,7-8,11-13H2. The van der Waals surface area contributed by atoms with Crippen molar-refractivity contribution in [3.63, 3.8) is 0 Å². The molecule has 2 fully saturated rings. The molecule has 2 saturated heterocycles. The molecule has 2 heterocycles. The molecule has 2 aliphatic rings. The third kappa shape index (κ3) is 3.69. The topological polar surface area (TPSA) is 32.7 Å². The fraction of sp³-hybridized carbons (Fsp3) is 0.429. The highest BCUT2D eigenvalue weighted by atomic mass is 19.3. The Morgan fingerprint density at radius 3 is 2.37 bits per heavy atom. The average Bonchev–Trinajstić information content (AvgIpc) is 2.86. The Morgan fingerprint density at radius 1 is 1.07 bits per heavy atom. The van der Waals surface area contributed by atoms with E-state index in [4.69, 9.17) is 0 Å². The minimum absolute atomic E-state index is 0.151. The van der Waals surface area contributed by atoms with Crippen molar-refractivity contribution in [1.29, 1.82) is 0 Å². The summed E-state index contributed by atoms with van der Waals surface area (Å²) in [5, 5.41) is 11.3. The number of ether oxygens (including phenoxy) is 1. The molecule has 0 radical (unpaired) electrons. The van der Waals surface area contributed by atoms with Crippen LogP contribution in [0.2, 0.25) is 0 Å². The Hall–Kier alpha value is -2.05. The fourth-order valence-electron chi connectivity index (χ4n) is 4.66. The van der Waals surface area contributed by atoms with Gasteiger partial charge in [-0.3, -0.25) is 4.90 Å². The molecule has 0 amide bonds. The van der Waals surface area contributed by atoms with Gasteiger partial charge < -0.3 is 9.84 Å². The van der Waals surface area contributed by atoms with Gasteiger partial charge in [-0.15, -0.1) is 0 Å². The van der Waals surface area contributed by atoms with Crippen molar-refractivity contribution >= 4 is 0 Å². The van der Waals surface area contributed by atoms with E-state index in [-0.39, 0.29) is 23.4 Å². The lowest BCUT2D eigenvalue weighted by molar-refractivity contribution is -0.0732. The number of fused-ring (bicyclic) bond motifs is 2. The van der Waals surface area contributed by atoms with Crippen LogP contribution in [0, 0.1) is 5.82 Å². The Morgan fingerprint density at radius 2 is 1.74 bits per heavy atom. The zero-order valence-electron chi connectivity index (χ0n) is 14.8. The minimum atomic E-state index is -3.07. The van der Waals surface area contributed by atoms with Gasteiger partial charge in [0, 0.05) is 30.3 Å². The van der Waals surface area contributed by atoms with Crippen LogP contribution >= 0.6 is 0 Å². The van der Waals surface area contributed by atoms with Gasteiger partial charge in [0.1, 0.15) is 11.6 Å². The first-order valence-corrected chi connectivity index (χ1v) is 9.21. The van der Waals surface area contributed by atoms with Crippen molar-refractivity contribution in [3.8, 4) is 5.75 Å². The van der Waals surface area contributed by atoms with Gasteiger partial charge in [-0.1, -0.05) is 30.3 Å². The molecule has 144 valence electrons. The highest BCUT2D eigenvalue weighted by Crippen LogP contribution is 2.48. The number of alkyl halides is 2. The van der Waals surface area contributed by atoms with Crippen LogP contribution in [0.3, 0.4) is 0 Å². The third-order valence-electron chi connectivity index (χ3n) is 5.79. The van der Waals surface area contributed by atoms with Crippen molar-refractivity contribution in [2.45, 2.75) is 56.5 Å². The van der Waals surface area contributed by atoms with Crippen molar-refractivity contribution < 1.29 is 23.0 Å². The molecule has 0 aromatic heterocycles. The summed E-state index contributed by atoms with van der Waals surface area (Å²) in [5.74, 6) is -0.939. The molecule has 0 spiro atoms. The summed E-state index contributed by atoms with van der Waals surface area (Å²) >= 11 is 0. The predicted octanol–water partition coefficient (Wildman–Crippen LogP) is 4.44. The number of nitrogens with zero attached hydrogens (tertiary/aromatic N) is 1. The number of rotatable bonds is 5. The first-order valence-electron chi connectivity index (χ1n) is 9.21. The third-order valence-corrected chi connectivity index (χ3v) is 5.79. The van der Waals surface area contributed by atoms with Gasteiger partial charge in [0.15, 0.2) is 0 Å². The summed E-state index contributed by atoms with van der Waals surface area (Å²) in [6, 6.07) is 13.9. The minimum Gasteiger partial charge on any atom is -0.434 e. The van der Waals surface area contributed by atoms with E-state index in [0.29, 0.717) is 12.8 Å². The van der Waals surface area contributed by atoms with Crippen molar-refractivity contribution in [2.75, 3.05) is 0 Å². The first kappa shape index (κ1) is 18.3. The number of hydrogen-bond donors (Lipinski definition) is 1. The number of halogens is 3. The van der Waals surface area contributed by atoms with Gasteiger partial charge >= 0.3 is 6.61 Å². The summed E-state index contributed by atoms with van der Waals surface area (Å²) in [7, 11) is 0. The molecule has 1 N–H and O–H groups in total. The highest BCUT2D eigenvalue weighted by molar-refractivity contribution is 5.40. The first-order chi connectivity index (χ1) is 12.9. The van der Waals surface area contributed by atoms with Crippen LogP contribution < -0.4 is 4.74 Å². The molecular formula is C21H22F3NO2. The molecule has 2 bridgehead atoms. The summed E-state index contributed by atoms with van der Waals surface area (Å²) in [6.07, 6.45) is 2.74. The van der Waals surface area contributed by atoms with E-state index in [1.165, 1.54) is 17.7 Å². The maximum absolute atomic E-state index is 13.5. The largest absolute Gasteiger partial charge is 0.434 e. The number of piperidine rings is 1. The quantitative estimate of drug-likeness (QED) is 0.836. The number of benzene rings is 2. The summed E-state index contributed by atoms with van der Waals surface area (Å²) in [5.41, 5.74) is 0.167. The van der Waals surface area contributed by atoms with Crippen LogP contribution in [0.4, 0.5) is 13.2 Å². The van der Waals surface area contributed by atoms with E-state index < -0.39 is 18.0 Å². The lowest BCUT2D eigenvalue weighted by Gasteiger charge is -2.44. The van der Waals surface area contributed by atoms with E-state index in [1.807, 2.05) is 18.2 Å². The van der Waals surface area contributed by atoms with Crippen LogP contribution in [0.25, 0.3) is 0 Å². The maximum atomic E-state index is 13.5. The SMILES string of the molecule is OC1(c2ccc(F)cc2OC(F)F)CC2CCC(C1)N2Cc1ccccc1. The van der Waals surface area contributed by atoms with Gasteiger partial charge in [0.25, 0.3) is 0 Å². The Bertz CT molecular complexity index is 785. The molecule has 3 nitrogen and oxygen atoms in total. The molecule has 2 aromatic rings. The zero-order chi connectivity index (χ0) is 19.0. The van der Waals surface area contributed by atoms with E-state index in [0.717, 1.165) is 25.5 Å². The van der Waals surface area contributed by atoms with Crippen LogP contribution in [-0.4, -0.2) is 28.7 Å². The number of hydrogen-bond acceptors (Lipinski definition) is 3. The Kier molecular flexibility index (Phi) is 4.86. The van der Waals surface area contributed by atoms with Gasteiger partial charge in [-0.25, -0.2) is 4.39 Å². The fourth-order valence-corrected chi connectivity index (χ4v) is 4.66. The van der Waals surface area contributed by atoms with Crippen LogP contribution in [-0.2, 0) is 12.1 Å². The van der Waals surface area contributed by atoms with Crippen LogP contribution in [0.5, 0.6) is 5.75 Å². The average molecular weight is 377 g/mol. The van der Waals surface area contributed by atoms with Gasteiger partial charge in [-0.05, 0) is 43.4 Å². The lowest BCUT2D eigenvalue weighted by Crippen LogP contribution is -2.49. The molecule has 2 atom stereocenters. The Balaban J connectivity index is 1.58. The van der Waals surface area contributed by atoms with Crippen molar-refractivity contribution in [1.82, 2.24) is 4.90 Å². The molecule has 6 heteroatoms. The van der Waals surface area contributed by atoms with Crippen LogP contribution in [0.1, 0.15) is 36.8 Å². The van der Waals surface area contributed by atoms with Gasteiger partial charge in [-0.2, -0.15) is 8.78 Å². The van der Waals surface area contributed by atoms with E-state index in [9.17, 15) is 18.3 Å². The van der Waals surface area contributed by atoms with E-state index in [1.54, 1.807) is 0 Å². The molecule has 2 aromatic carbocycles. The smallest absolute Gasteiger partial charge is 0.387 e. The van der Waals surface area contributed by atoms with Crippen LogP contribution in [0.15, 0.2) is 48.5 Å². The molecule has 4 rings (SSSR count). The number of aliphatic hydroxyl groups is 1. The second kappa shape index (κ2) is 7.17. The molecule has 2 aliphatic heterocycles. The van der Waals surface area contributed by atoms with Gasteiger partial charge in [0.2, 0.25) is 0 Å². The Labute approximate surface area is 156 Å². The molecule has 2 unspecified atom stereocenters.